The lowest BCUT2D eigenvalue weighted by Crippen LogP contribution is -2.15. The van der Waals surface area contributed by atoms with E-state index in [-0.39, 0.29) is 10.8 Å². The van der Waals surface area contributed by atoms with Crippen LogP contribution in [0.1, 0.15) is 50.1 Å². The molecule has 106 valence electrons. The molecule has 3 nitrogen and oxygen atoms in total. The van der Waals surface area contributed by atoms with Gasteiger partial charge in [0.05, 0.1) is 16.2 Å². The van der Waals surface area contributed by atoms with Crippen molar-refractivity contribution in [2.75, 3.05) is 0 Å². The molecule has 1 aromatic carbocycles. The maximum Gasteiger partial charge on any atom is 0.258 e. The van der Waals surface area contributed by atoms with Gasteiger partial charge in [-0.3, -0.25) is 4.79 Å². The molecule has 0 spiro atoms. The van der Waals surface area contributed by atoms with Crippen LogP contribution in [0.15, 0.2) is 29.1 Å². The Hall–Kier alpha value is -1.29. The van der Waals surface area contributed by atoms with Crippen molar-refractivity contribution in [3.8, 4) is 0 Å². The second-order valence-electron chi connectivity index (χ2n) is 5.51. The monoisotopic (exact) mass is 288 g/mol. The van der Waals surface area contributed by atoms with E-state index in [0.717, 1.165) is 16.6 Å². The third kappa shape index (κ3) is 2.90. The number of nitrogens with one attached hydrogen (secondary N) is 1. The fourth-order valence-corrected chi connectivity index (χ4v) is 4.27. The Labute approximate surface area is 123 Å². The van der Waals surface area contributed by atoms with Crippen LogP contribution in [0, 0.1) is 0 Å². The van der Waals surface area contributed by atoms with E-state index in [2.05, 4.69) is 16.9 Å². The van der Waals surface area contributed by atoms with Gasteiger partial charge in [0.15, 0.2) is 0 Å². The van der Waals surface area contributed by atoms with E-state index in [1.807, 2.05) is 36.0 Å². The molecular weight excluding hydrogens is 268 g/mol. The number of thioether (sulfide) groups is 1. The summed E-state index contributed by atoms with van der Waals surface area (Å²) in [4.78, 5) is 19.7. The van der Waals surface area contributed by atoms with Crippen molar-refractivity contribution < 1.29 is 0 Å². The summed E-state index contributed by atoms with van der Waals surface area (Å²) in [6.45, 7) is 2.15. The molecule has 1 N–H and O–H groups in total. The minimum Gasteiger partial charge on any atom is -0.309 e. The average molecular weight is 288 g/mol. The van der Waals surface area contributed by atoms with E-state index >= 15 is 0 Å². The van der Waals surface area contributed by atoms with Gasteiger partial charge in [-0.25, -0.2) is 4.98 Å². The van der Waals surface area contributed by atoms with Crippen molar-refractivity contribution in [1.82, 2.24) is 9.97 Å². The number of hydrogen-bond acceptors (Lipinski definition) is 3. The van der Waals surface area contributed by atoms with Crippen LogP contribution in [0.4, 0.5) is 0 Å². The Bertz CT molecular complexity index is 646. The fourth-order valence-electron chi connectivity index (χ4n) is 2.85. The highest BCUT2D eigenvalue weighted by molar-refractivity contribution is 8.00. The largest absolute Gasteiger partial charge is 0.309 e. The molecule has 0 radical (unpaired) electrons. The third-order valence-electron chi connectivity index (χ3n) is 3.97. The normalized spacial score (nSPS) is 18.2. The molecule has 0 aliphatic heterocycles. The minimum absolute atomic E-state index is 0.0262. The molecule has 0 amide bonds. The predicted molar refractivity (Wildman–Crippen MR) is 85.2 cm³/mol. The van der Waals surface area contributed by atoms with E-state index in [9.17, 15) is 4.79 Å². The fraction of sp³-hybridized carbons (Fsp3) is 0.500. The summed E-state index contributed by atoms with van der Waals surface area (Å²) in [5.74, 6) is 0.810. The molecule has 0 unspecified atom stereocenters. The Kier molecular flexibility index (Phi) is 4.10. The Morgan fingerprint density at radius 3 is 2.80 bits per heavy atom. The molecule has 4 heteroatoms. The molecular formula is C16H20N2OS. The third-order valence-corrected chi connectivity index (χ3v) is 5.45. The summed E-state index contributed by atoms with van der Waals surface area (Å²) in [6.07, 6.45) is 6.65. The van der Waals surface area contributed by atoms with Crippen LogP contribution < -0.4 is 5.56 Å². The van der Waals surface area contributed by atoms with Crippen LogP contribution in [-0.2, 0) is 0 Å². The lowest BCUT2D eigenvalue weighted by molar-refractivity contribution is 0.515. The number of H-pyrrole nitrogens is 1. The van der Waals surface area contributed by atoms with Crippen LogP contribution in [-0.4, -0.2) is 15.2 Å². The summed E-state index contributed by atoms with van der Waals surface area (Å²) in [5, 5.41) is 1.64. The molecule has 1 aromatic heterocycles. The maximum absolute atomic E-state index is 12.1. The van der Waals surface area contributed by atoms with Gasteiger partial charge in [0.2, 0.25) is 0 Å². The van der Waals surface area contributed by atoms with E-state index in [0.29, 0.717) is 5.39 Å². The number of hydrogen-bond donors (Lipinski definition) is 1. The molecule has 3 rings (SSSR count). The topological polar surface area (TPSA) is 45.8 Å². The molecule has 20 heavy (non-hydrogen) atoms. The molecule has 1 atom stereocenters. The summed E-state index contributed by atoms with van der Waals surface area (Å²) in [6, 6.07) is 7.53. The number of nitrogens with zero attached hydrogens (tertiary/aromatic N) is 1. The van der Waals surface area contributed by atoms with Crippen molar-refractivity contribution >= 4 is 22.7 Å². The van der Waals surface area contributed by atoms with Crippen molar-refractivity contribution in [3.05, 3.63) is 40.4 Å². The summed E-state index contributed by atoms with van der Waals surface area (Å²) in [5.41, 5.74) is 0.768. The second-order valence-corrected chi connectivity index (χ2v) is 7.15. The molecule has 2 aromatic rings. The van der Waals surface area contributed by atoms with Gasteiger partial charge in [-0.2, -0.15) is 0 Å². The van der Waals surface area contributed by atoms with E-state index < -0.39 is 0 Å². The van der Waals surface area contributed by atoms with Gasteiger partial charge in [-0.15, -0.1) is 11.8 Å². The Morgan fingerprint density at radius 2 is 2.00 bits per heavy atom. The highest BCUT2D eigenvalue weighted by Crippen LogP contribution is 2.37. The van der Waals surface area contributed by atoms with Gasteiger partial charge in [0.25, 0.3) is 5.56 Å². The zero-order chi connectivity index (χ0) is 13.9. The lowest BCUT2D eigenvalue weighted by Gasteiger charge is -2.23. The molecule has 0 saturated heterocycles. The second kappa shape index (κ2) is 6.00. The highest BCUT2D eigenvalue weighted by Gasteiger charge is 2.19. The molecule has 1 aliphatic rings. The number of fused-ring (bicyclic) bond motifs is 1. The van der Waals surface area contributed by atoms with Crippen LogP contribution >= 0.6 is 11.8 Å². The van der Waals surface area contributed by atoms with Crippen LogP contribution in [0.25, 0.3) is 10.9 Å². The van der Waals surface area contributed by atoms with E-state index in [1.54, 1.807) is 0 Å². The minimum atomic E-state index is -0.0262. The number of aromatic amines is 1. The van der Waals surface area contributed by atoms with E-state index in [1.165, 1.54) is 32.1 Å². The van der Waals surface area contributed by atoms with Crippen molar-refractivity contribution in [1.29, 1.82) is 0 Å². The molecule has 1 heterocycles. The zero-order valence-corrected chi connectivity index (χ0v) is 12.6. The van der Waals surface area contributed by atoms with Gasteiger partial charge >= 0.3 is 0 Å². The first-order valence-electron chi connectivity index (χ1n) is 7.38. The zero-order valence-electron chi connectivity index (χ0n) is 11.8. The smallest absolute Gasteiger partial charge is 0.258 e. The average Bonchev–Trinajstić information content (AvgIpc) is 2.48. The summed E-state index contributed by atoms with van der Waals surface area (Å²) in [7, 11) is 0. The van der Waals surface area contributed by atoms with Crippen LogP contribution in [0.2, 0.25) is 0 Å². The quantitative estimate of drug-likeness (QED) is 0.926. The first kappa shape index (κ1) is 13.7. The standard InChI is InChI=1S/C16H20N2OS/c1-11(20-12-7-3-2-4-8-12)15-17-14-10-6-5-9-13(14)16(19)18-15/h5-6,9-12H,2-4,7-8H2,1H3,(H,17,18,19)/t11-/m1/s1. The number of aromatic nitrogens is 2. The molecule has 1 saturated carbocycles. The number of rotatable bonds is 3. The van der Waals surface area contributed by atoms with Gasteiger partial charge in [-0.1, -0.05) is 31.4 Å². The number of benzene rings is 1. The van der Waals surface area contributed by atoms with Gasteiger partial charge in [0.1, 0.15) is 5.82 Å². The maximum atomic E-state index is 12.1. The molecule has 1 fully saturated rings. The van der Waals surface area contributed by atoms with Crippen LogP contribution in [0.5, 0.6) is 0 Å². The summed E-state index contributed by atoms with van der Waals surface area (Å²) >= 11 is 1.96. The molecule has 1 aliphatic carbocycles. The van der Waals surface area contributed by atoms with Crippen LogP contribution in [0.3, 0.4) is 0 Å². The SMILES string of the molecule is C[C@@H](SC1CCCCC1)c1nc2ccccc2c(=O)[nH]1. The van der Waals surface area contributed by atoms with Gasteiger partial charge in [0, 0.05) is 5.25 Å². The molecule has 0 bridgehead atoms. The Morgan fingerprint density at radius 1 is 1.25 bits per heavy atom. The van der Waals surface area contributed by atoms with Gasteiger partial charge < -0.3 is 4.98 Å². The van der Waals surface area contributed by atoms with Crippen molar-refractivity contribution in [2.45, 2.75) is 49.5 Å². The predicted octanol–water partition coefficient (Wildman–Crippen LogP) is 4.05. The van der Waals surface area contributed by atoms with Gasteiger partial charge in [-0.05, 0) is 31.9 Å². The summed E-state index contributed by atoms with van der Waals surface area (Å²) < 4.78 is 0. The Balaban J connectivity index is 1.83. The number of para-hydroxylation sites is 1. The highest BCUT2D eigenvalue weighted by atomic mass is 32.2. The van der Waals surface area contributed by atoms with E-state index in [4.69, 9.17) is 0 Å². The first-order chi connectivity index (χ1) is 9.74. The van der Waals surface area contributed by atoms with Crippen molar-refractivity contribution in [2.24, 2.45) is 0 Å². The first-order valence-corrected chi connectivity index (χ1v) is 8.33. The lowest BCUT2D eigenvalue weighted by atomic mass is 10.0. The van der Waals surface area contributed by atoms with Crippen molar-refractivity contribution in [3.63, 3.8) is 0 Å².